The van der Waals surface area contributed by atoms with E-state index >= 15 is 0 Å². The number of benzene rings is 2. The second kappa shape index (κ2) is 6.13. The van der Waals surface area contributed by atoms with Gasteiger partial charge in [0.1, 0.15) is 10.7 Å². The van der Waals surface area contributed by atoms with Gasteiger partial charge in [0.15, 0.2) is 0 Å². The summed E-state index contributed by atoms with van der Waals surface area (Å²) in [4.78, 5) is 0.0300. The molecule has 0 atom stereocenters. The van der Waals surface area contributed by atoms with Gasteiger partial charge in [-0.15, -0.1) is 0 Å². The number of nitrogens with two attached hydrogens (primary N) is 1. The van der Waals surface area contributed by atoms with Gasteiger partial charge in [0.05, 0.1) is 5.69 Å². The quantitative estimate of drug-likeness (QED) is 0.865. The molecule has 2 rings (SSSR count). The van der Waals surface area contributed by atoms with E-state index in [9.17, 15) is 12.8 Å². The lowest BCUT2D eigenvalue weighted by molar-refractivity contribution is 0.598. The van der Waals surface area contributed by atoms with Crippen LogP contribution in [0.25, 0.3) is 0 Å². The third kappa shape index (κ3) is 3.42. The van der Waals surface area contributed by atoms with Crippen LogP contribution in [0, 0.1) is 12.7 Å². The monoisotopic (exact) mass is 372 g/mol. The van der Waals surface area contributed by atoms with E-state index in [1.165, 1.54) is 18.2 Å². The molecule has 0 aliphatic carbocycles. The van der Waals surface area contributed by atoms with Gasteiger partial charge in [-0.25, -0.2) is 12.8 Å². The minimum atomic E-state index is -3.89. The standard InChI is InChI=1S/C14H14BrFN2O2S/c1-9-3-2-4-12(16)14(9)18-21(19,20)13-6-5-10(8-17)7-11(13)15/h2-7,18H,8,17H2,1H3. The van der Waals surface area contributed by atoms with E-state index in [1.807, 2.05) is 0 Å². The molecular weight excluding hydrogens is 359 g/mol. The van der Waals surface area contributed by atoms with E-state index in [0.717, 1.165) is 5.56 Å². The molecule has 0 saturated heterocycles. The highest BCUT2D eigenvalue weighted by molar-refractivity contribution is 9.10. The average Bonchev–Trinajstić information content (AvgIpc) is 2.42. The van der Waals surface area contributed by atoms with Gasteiger partial charge >= 0.3 is 0 Å². The molecule has 0 heterocycles. The van der Waals surface area contributed by atoms with Crippen LogP contribution in [0.2, 0.25) is 0 Å². The van der Waals surface area contributed by atoms with Crippen molar-refractivity contribution in [3.05, 3.63) is 57.8 Å². The summed E-state index contributed by atoms with van der Waals surface area (Å²) in [6.45, 7) is 1.94. The number of halogens is 2. The Bertz CT molecular complexity index is 758. The second-order valence-electron chi connectivity index (χ2n) is 4.51. The normalized spacial score (nSPS) is 11.4. The third-order valence-electron chi connectivity index (χ3n) is 2.98. The molecule has 21 heavy (non-hydrogen) atoms. The van der Waals surface area contributed by atoms with Crippen LogP contribution >= 0.6 is 15.9 Å². The first kappa shape index (κ1) is 15.9. The van der Waals surface area contributed by atoms with Gasteiger partial charge < -0.3 is 5.73 Å². The molecule has 0 saturated carbocycles. The van der Waals surface area contributed by atoms with Gasteiger partial charge in [-0.2, -0.15) is 0 Å². The zero-order valence-corrected chi connectivity index (χ0v) is 13.6. The Morgan fingerprint density at radius 1 is 1.29 bits per heavy atom. The van der Waals surface area contributed by atoms with E-state index in [2.05, 4.69) is 20.7 Å². The van der Waals surface area contributed by atoms with Gasteiger partial charge in [0.2, 0.25) is 0 Å². The topological polar surface area (TPSA) is 72.2 Å². The molecule has 0 unspecified atom stereocenters. The lowest BCUT2D eigenvalue weighted by atomic mass is 10.2. The Labute approximate surface area is 131 Å². The fraction of sp³-hybridized carbons (Fsp3) is 0.143. The molecule has 2 aromatic carbocycles. The molecule has 0 bridgehead atoms. The number of nitrogens with one attached hydrogen (secondary N) is 1. The smallest absolute Gasteiger partial charge is 0.263 e. The van der Waals surface area contributed by atoms with Crippen molar-refractivity contribution >= 4 is 31.6 Å². The van der Waals surface area contributed by atoms with E-state index in [1.54, 1.807) is 25.1 Å². The summed E-state index contributed by atoms with van der Waals surface area (Å²) in [5.41, 5.74) is 6.76. The van der Waals surface area contributed by atoms with E-state index in [0.29, 0.717) is 16.6 Å². The van der Waals surface area contributed by atoms with Crippen LogP contribution in [-0.2, 0) is 16.6 Å². The lowest BCUT2D eigenvalue weighted by Gasteiger charge is -2.13. The Hall–Kier alpha value is -1.44. The first-order valence-corrected chi connectivity index (χ1v) is 8.39. The largest absolute Gasteiger partial charge is 0.326 e. The third-order valence-corrected chi connectivity index (χ3v) is 5.31. The molecule has 0 fully saturated rings. The zero-order valence-electron chi connectivity index (χ0n) is 11.2. The van der Waals surface area contributed by atoms with Crippen molar-refractivity contribution in [2.75, 3.05) is 4.72 Å². The van der Waals surface area contributed by atoms with Gasteiger partial charge in [0, 0.05) is 11.0 Å². The van der Waals surface area contributed by atoms with Crippen molar-refractivity contribution in [3.8, 4) is 0 Å². The van der Waals surface area contributed by atoms with Crippen molar-refractivity contribution in [3.63, 3.8) is 0 Å². The minimum Gasteiger partial charge on any atom is -0.326 e. The Kier molecular flexibility index (Phi) is 4.65. The Morgan fingerprint density at radius 2 is 2.00 bits per heavy atom. The fourth-order valence-electron chi connectivity index (χ4n) is 1.84. The number of anilines is 1. The molecule has 0 spiro atoms. The predicted molar refractivity (Wildman–Crippen MR) is 84.0 cm³/mol. The van der Waals surface area contributed by atoms with E-state index < -0.39 is 15.8 Å². The summed E-state index contributed by atoms with van der Waals surface area (Å²) >= 11 is 3.21. The molecule has 112 valence electrons. The van der Waals surface area contributed by atoms with Crippen molar-refractivity contribution in [1.82, 2.24) is 0 Å². The van der Waals surface area contributed by atoms with Gasteiger partial charge in [-0.3, -0.25) is 4.72 Å². The summed E-state index contributed by atoms with van der Waals surface area (Å²) in [6.07, 6.45) is 0. The maximum Gasteiger partial charge on any atom is 0.263 e. The number of hydrogen-bond donors (Lipinski definition) is 2. The predicted octanol–water partition coefficient (Wildman–Crippen LogP) is 3.16. The van der Waals surface area contributed by atoms with Crippen LogP contribution < -0.4 is 10.5 Å². The summed E-state index contributed by atoms with van der Waals surface area (Å²) < 4.78 is 41.2. The molecule has 0 amide bonds. The number of para-hydroxylation sites is 1. The zero-order chi connectivity index (χ0) is 15.6. The molecule has 3 N–H and O–H groups in total. The van der Waals surface area contributed by atoms with Crippen molar-refractivity contribution in [1.29, 1.82) is 0 Å². The van der Waals surface area contributed by atoms with Crippen LogP contribution in [0.5, 0.6) is 0 Å². The maximum atomic E-state index is 13.8. The van der Waals surface area contributed by atoms with Crippen LogP contribution in [0.15, 0.2) is 45.8 Å². The highest BCUT2D eigenvalue weighted by Gasteiger charge is 2.20. The van der Waals surface area contributed by atoms with Gasteiger partial charge in [0.25, 0.3) is 10.0 Å². The summed E-state index contributed by atoms with van der Waals surface area (Å²) in [5, 5.41) is 0. The molecule has 2 aromatic rings. The Morgan fingerprint density at radius 3 is 2.57 bits per heavy atom. The number of rotatable bonds is 4. The number of sulfonamides is 1. The summed E-state index contributed by atoms with van der Waals surface area (Å²) in [7, 11) is -3.89. The van der Waals surface area contributed by atoms with Crippen LogP contribution in [0.1, 0.15) is 11.1 Å². The second-order valence-corrected chi connectivity index (χ2v) is 7.01. The first-order valence-electron chi connectivity index (χ1n) is 6.11. The molecule has 0 aromatic heterocycles. The Balaban J connectivity index is 2.44. The number of aryl methyl sites for hydroxylation is 1. The summed E-state index contributed by atoms with van der Waals surface area (Å²) in [6, 6.07) is 9.04. The van der Waals surface area contributed by atoms with Gasteiger partial charge in [-0.1, -0.05) is 18.2 Å². The summed E-state index contributed by atoms with van der Waals surface area (Å²) in [5.74, 6) is -0.617. The highest BCUT2D eigenvalue weighted by atomic mass is 79.9. The van der Waals surface area contributed by atoms with Crippen LogP contribution in [-0.4, -0.2) is 8.42 Å². The SMILES string of the molecule is Cc1cccc(F)c1NS(=O)(=O)c1ccc(CN)cc1Br. The molecule has 0 aliphatic heterocycles. The lowest BCUT2D eigenvalue weighted by Crippen LogP contribution is -2.15. The van der Waals surface area contributed by atoms with E-state index in [-0.39, 0.29) is 10.6 Å². The average molecular weight is 373 g/mol. The van der Waals surface area contributed by atoms with Crippen LogP contribution in [0.3, 0.4) is 0 Å². The molecule has 7 heteroatoms. The van der Waals surface area contributed by atoms with E-state index in [4.69, 9.17) is 5.73 Å². The maximum absolute atomic E-state index is 13.8. The van der Waals surface area contributed by atoms with Crippen molar-refractivity contribution < 1.29 is 12.8 Å². The van der Waals surface area contributed by atoms with Crippen molar-refractivity contribution in [2.45, 2.75) is 18.4 Å². The highest BCUT2D eigenvalue weighted by Crippen LogP contribution is 2.27. The minimum absolute atomic E-state index is 0.0300. The molecule has 0 aliphatic rings. The first-order chi connectivity index (χ1) is 9.85. The number of hydrogen-bond acceptors (Lipinski definition) is 3. The van der Waals surface area contributed by atoms with Crippen LogP contribution in [0.4, 0.5) is 10.1 Å². The molecule has 4 nitrogen and oxygen atoms in total. The van der Waals surface area contributed by atoms with Crippen molar-refractivity contribution in [2.24, 2.45) is 5.73 Å². The van der Waals surface area contributed by atoms with Gasteiger partial charge in [-0.05, 0) is 52.2 Å². The molecular formula is C14H14BrFN2O2S. The fourth-order valence-corrected chi connectivity index (χ4v) is 4.11. The molecule has 0 radical (unpaired) electrons.